The SMILES string of the molecule is CNc1cc(F)c(F)c2c1[nH]c1ncc(-c3cnc4c(c3)c(=O)c(C(=O)O)cn4C)c(N3CCC[C@@H](N(C)C)C3)c12. The molecule has 10 nitrogen and oxygen atoms in total. The summed E-state index contributed by atoms with van der Waals surface area (Å²) in [4.78, 5) is 41.5. The van der Waals surface area contributed by atoms with Gasteiger partial charge >= 0.3 is 5.97 Å². The average Bonchev–Trinajstić information content (AvgIpc) is 3.36. The smallest absolute Gasteiger partial charge is 0.341 e. The topological polar surface area (TPSA) is 119 Å². The zero-order valence-corrected chi connectivity index (χ0v) is 23.0. The number of likely N-dealkylation sites (N-methyl/N-ethyl adjacent to an activating group) is 1. The van der Waals surface area contributed by atoms with E-state index in [0.29, 0.717) is 57.8 Å². The van der Waals surface area contributed by atoms with Crippen molar-refractivity contribution < 1.29 is 18.7 Å². The highest BCUT2D eigenvalue weighted by atomic mass is 19.2. The molecule has 5 aromatic rings. The van der Waals surface area contributed by atoms with Gasteiger partial charge < -0.3 is 29.8 Å². The summed E-state index contributed by atoms with van der Waals surface area (Å²) < 4.78 is 32.0. The van der Waals surface area contributed by atoms with Crippen LogP contribution in [0.1, 0.15) is 23.2 Å². The Morgan fingerprint density at radius 1 is 1.20 bits per heavy atom. The monoisotopic (exact) mass is 561 g/mol. The Labute approximate surface area is 233 Å². The molecule has 0 spiro atoms. The van der Waals surface area contributed by atoms with Crippen molar-refractivity contribution in [1.29, 1.82) is 0 Å². The Kier molecular flexibility index (Phi) is 6.37. The molecule has 0 unspecified atom stereocenters. The lowest BCUT2D eigenvalue weighted by Crippen LogP contribution is -2.45. The summed E-state index contributed by atoms with van der Waals surface area (Å²) in [6.07, 6.45) is 6.34. The van der Waals surface area contributed by atoms with E-state index in [2.05, 4.69) is 30.1 Å². The molecule has 0 aliphatic carbocycles. The van der Waals surface area contributed by atoms with Crippen LogP contribution in [0.4, 0.5) is 20.2 Å². The van der Waals surface area contributed by atoms with Gasteiger partial charge in [-0.1, -0.05) is 0 Å². The summed E-state index contributed by atoms with van der Waals surface area (Å²) in [5.74, 6) is -3.30. The van der Waals surface area contributed by atoms with Crippen molar-refractivity contribution in [3.63, 3.8) is 0 Å². The molecule has 12 heteroatoms. The lowest BCUT2D eigenvalue weighted by molar-refractivity contribution is 0.0695. The quantitative estimate of drug-likeness (QED) is 0.293. The molecule has 5 heterocycles. The maximum atomic E-state index is 15.6. The third-order valence-electron chi connectivity index (χ3n) is 8.03. The molecule has 6 rings (SSSR count). The Balaban J connectivity index is 1.70. The van der Waals surface area contributed by atoms with E-state index in [0.717, 1.165) is 18.9 Å². The first-order valence-corrected chi connectivity index (χ1v) is 13.2. The van der Waals surface area contributed by atoms with E-state index in [4.69, 9.17) is 0 Å². The van der Waals surface area contributed by atoms with Gasteiger partial charge in [0.1, 0.15) is 16.9 Å². The molecule has 41 heavy (non-hydrogen) atoms. The summed E-state index contributed by atoms with van der Waals surface area (Å²) >= 11 is 0. The largest absolute Gasteiger partial charge is 0.477 e. The van der Waals surface area contributed by atoms with Crippen LogP contribution in [0.15, 0.2) is 35.5 Å². The maximum absolute atomic E-state index is 15.6. The van der Waals surface area contributed by atoms with Gasteiger partial charge in [-0.3, -0.25) is 4.79 Å². The minimum Gasteiger partial charge on any atom is -0.477 e. The predicted molar refractivity (Wildman–Crippen MR) is 155 cm³/mol. The number of hydrogen-bond acceptors (Lipinski definition) is 7. The Bertz CT molecular complexity index is 1930. The second-order valence-corrected chi connectivity index (χ2v) is 10.7. The van der Waals surface area contributed by atoms with Crippen LogP contribution in [0.25, 0.3) is 44.1 Å². The highest BCUT2D eigenvalue weighted by molar-refractivity contribution is 6.18. The van der Waals surface area contributed by atoms with E-state index in [-0.39, 0.29) is 22.4 Å². The Morgan fingerprint density at radius 3 is 2.68 bits per heavy atom. The van der Waals surface area contributed by atoms with Crippen LogP contribution >= 0.6 is 0 Å². The molecular weight excluding hydrogens is 532 g/mol. The third-order valence-corrected chi connectivity index (χ3v) is 8.03. The number of pyridine rings is 3. The van der Waals surface area contributed by atoms with Crippen LogP contribution in [0, 0.1) is 11.6 Å². The number of halogens is 2. The summed E-state index contributed by atoms with van der Waals surface area (Å²) in [7, 11) is 7.29. The molecule has 0 amide bonds. The first kappa shape index (κ1) is 26.6. The summed E-state index contributed by atoms with van der Waals surface area (Å²) in [6, 6.07) is 2.93. The fourth-order valence-corrected chi connectivity index (χ4v) is 5.92. The van der Waals surface area contributed by atoms with E-state index in [9.17, 15) is 19.1 Å². The van der Waals surface area contributed by atoms with Gasteiger partial charge in [0.2, 0.25) is 5.43 Å². The highest BCUT2D eigenvalue weighted by Crippen LogP contribution is 2.44. The van der Waals surface area contributed by atoms with Crippen LogP contribution in [0.2, 0.25) is 0 Å². The standard InChI is InChI=1S/C29H29F2N7O3/c1-32-20-9-19(30)23(31)21-22-25(38-7-5-6-15(12-38)36(2)3)17(11-33-27(22)35-24(20)21)14-8-16-26(39)18(29(40)41)13-37(4)28(16)34-10-14/h8-11,13,15,32H,5-7,12H2,1-4H3,(H,33,35)(H,40,41)/t15-/m1/s1. The number of anilines is 2. The van der Waals surface area contributed by atoms with Gasteiger partial charge in [0.15, 0.2) is 11.6 Å². The molecule has 0 saturated carbocycles. The predicted octanol–water partition coefficient (Wildman–Crippen LogP) is 4.18. The van der Waals surface area contributed by atoms with Gasteiger partial charge in [0, 0.05) is 69.0 Å². The van der Waals surface area contributed by atoms with Crippen LogP contribution in [-0.4, -0.2) is 75.8 Å². The number of aryl methyl sites for hydroxylation is 1. The number of benzene rings is 1. The summed E-state index contributed by atoms with van der Waals surface area (Å²) in [5.41, 5.74) is 2.21. The molecule has 1 aromatic carbocycles. The molecule has 0 bridgehead atoms. The maximum Gasteiger partial charge on any atom is 0.341 e. The number of carboxylic acids is 1. The second-order valence-electron chi connectivity index (χ2n) is 10.7. The van der Waals surface area contributed by atoms with Crippen LogP contribution < -0.4 is 15.6 Å². The third kappa shape index (κ3) is 4.17. The molecule has 1 aliphatic rings. The first-order valence-electron chi connectivity index (χ1n) is 13.2. The normalized spacial score (nSPS) is 15.9. The number of rotatable bonds is 5. The zero-order chi connectivity index (χ0) is 29.2. The fourth-order valence-electron chi connectivity index (χ4n) is 5.92. The van der Waals surface area contributed by atoms with Crippen molar-refractivity contribution in [2.24, 2.45) is 7.05 Å². The number of nitrogens with zero attached hydrogens (tertiary/aromatic N) is 5. The van der Waals surface area contributed by atoms with Crippen molar-refractivity contribution in [2.45, 2.75) is 18.9 Å². The van der Waals surface area contributed by atoms with Gasteiger partial charge in [-0.2, -0.15) is 0 Å². The number of hydrogen-bond donors (Lipinski definition) is 3. The Morgan fingerprint density at radius 2 is 1.98 bits per heavy atom. The van der Waals surface area contributed by atoms with Gasteiger partial charge in [0.25, 0.3) is 0 Å². The molecule has 0 radical (unpaired) electrons. The van der Waals surface area contributed by atoms with Gasteiger partial charge in [-0.15, -0.1) is 0 Å². The van der Waals surface area contributed by atoms with Gasteiger partial charge in [-0.05, 0) is 33.0 Å². The molecule has 212 valence electrons. The van der Waals surface area contributed by atoms with Crippen LogP contribution in [-0.2, 0) is 7.05 Å². The van der Waals surface area contributed by atoms with Crippen molar-refractivity contribution >= 4 is 50.3 Å². The number of nitrogens with one attached hydrogen (secondary N) is 2. The molecule has 3 N–H and O–H groups in total. The van der Waals surface area contributed by atoms with E-state index < -0.39 is 23.0 Å². The zero-order valence-electron chi connectivity index (χ0n) is 23.0. The summed E-state index contributed by atoms with van der Waals surface area (Å²) in [5, 5.41) is 13.2. The van der Waals surface area contributed by atoms with Crippen molar-refractivity contribution in [3.8, 4) is 11.1 Å². The van der Waals surface area contributed by atoms with E-state index in [1.54, 1.807) is 32.6 Å². The number of H-pyrrole nitrogens is 1. The van der Waals surface area contributed by atoms with E-state index in [1.807, 2.05) is 14.1 Å². The molecule has 4 aromatic heterocycles. The van der Waals surface area contributed by atoms with Crippen LogP contribution in [0.5, 0.6) is 0 Å². The minimum atomic E-state index is -1.33. The minimum absolute atomic E-state index is 0.0819. The second kappa shape index (κ2) is 9.81. The van der Waals surface area contributed by atoms with Crippen molar-refractivity contribution in [1.82, 2.24) is 24.4 Å². The highest BCUT2D eigenvalue weighted by Gasteiger charge is 2.29. The number of carbonyl (C=O) groups is 1. The first-order chi connectivity index (χ1) is 19.6. The van der Waals surface area contributed by atoms with Gasteiger partial charge in [-0.25, -0.2) is 23.5 Å². The molecule has 1 saturated heterocycles. The van der Waals surface area contributed by atoms with E-state index in [1.165, 1.54) is 10.8 Å². The van der Waals surface area contributed by atoms with E-state index >= 15 is 4.39 Å². The lowest BCUT2D eigenvalue weighted by Gasteiger charge is -2.38. The lowest BCUT2D eigenvalue weighted by atomic mass is 9.98. The van der Waals surface area contributed by atoms with Crippen LogP contribution in [0.3, 0.4) is 0 Å². The van der Waals surface area contributed by atoms with Crippen molar-refractivity contribution in [3.05, 3.63) is 58.1 Å². The number of carboxylic acid groups (broad SMARTS) is 1. The molecule has 1 fully saturated rings. The van der Waals surface area contributed by atoms with Crippen molar-refractivity contribution in [2.75, 3.05) is 44.4 Å². The number of fused-ring (bicyclic) bond motifs is 4. The number of aromatic amines is 1. The average molecular weight is 562 g/mol. The van der Waals surface area contributed by atoms with Gasteiger partial charge in [0.05, 0.1) is 33.1 Å². The Hall–Kier alpha value is -4.58. The number of aromatic nitrogens is 4. The fraction of sp³-hybridized carbons (Fsp3) is 0.310. The summed E-state index contributed by atoms with van der Waals surface area (Å²) in [6.45, 7) is 1.30. The molecule has 1 aliphatic heterocycles. The molecule has 1 atom stereocenters. The molecular formula is C29H29F2N7O3. The number of aromatic carboxylic acids is 1. The number of piperidine rings is 1.